The van der Waals surface area contributed by atoms with Gasteiger partial charge in [-0.05, 0) is 6.08 Å². The Hall–Kier alpha value is -2.11. The van der Waals surface area contributed by atoms with Crippen LogP contribution in [0, 0.1) is 5.92 Å². The number of nitrogens with zero attached hydrogens (tertiary/aromatic N) is 3. The highest BCUT2D eigenvalue weighted by atomic mass is 16.4. The second-order valence-corrected chi connectivity index (χ2v) is 4.24. The van der Waals surface area contributed by atoms with Crippen LogP contribution in [0.15, 0.2) is 18.5 Å². The van der Waals surface area contributed by atoms with Gasteiger partial charge in [-0.1, -0.05) is 6.92 Å². The number of hydrogen-bond acceptors (Lipinski definition) is 3. The number of aliphatic carboxylic acids is 1. The molecule has 0 radical (unpaired) electrons. The fraction of sp³-hybridized carbons (Fsp3) is 0.417. The van der Waals surface area contributed by atoms with Gasteiger partial charge in [0.2, 0.25) is 5.91 Å². The normalized spacial score (nSPS) is 12.6. The van der Waals surface area contributed by atoms with Crippen molar-refractivity contribution in [1.29, 1.82) is 0 Å². The number of hydrogen-bond donors (Lipinski definition) is 1. The van der Waals surface area contributed by atoms with Gasteiger partial charge in [0, 0.05) is 38.5 Å². The molecule has 1 N–H and O–H groups in total. The molecular weight excluding hydrogens is 234 g/mol. The summed E-state index contributed by atoms with van der Waals surface area (Å²) in [5.41, 5.74) is 0.825. The smallest absolute Gasteiger partial charge is 0.308 e. The Kier molecular flexibility index (Phi) is 4.65. The molecule has 1 unspecified atom stereocenters. The first kappa shape index (κ1) is 14.0. The van der Waals surface area contributed by atoms with Gasteiger partial charge in [-0.25, -0.2) is 0 Å². The van der Waals surface area contributed by atoms with Crippen LogP contribution < -0.4 is 0 Å². The summed E-state index contributed by atoms with van der Waals surface area (Å²) in [5.74, 6) is -1.72. The van der Waals surface area contributed by atoms with Crippen LogP contribution in [0.1, 0.15) is 12.5 Å². The lowest BCUT2D eigenvalue weighted by Crippen LogP contribution is -2.32. The molecule has 0 aromatic carbocycles. The van der Waals surface area contributed by atoms with E-state index in [1.54, 1.807) is 44.2 Å². The van der Waals surface area contributed by atoms with Crippen molar-refractivity contribution < 1.29 is 14.7 Å². The zero-order valence-electron chi connectivity index (χ0n) is 10.7. The summed E-state index contributed by atoms with van der Waals surface area (Å²) in [4.78, 5) is 23.8. The molecule has 1 heterocycles. The molecule has 0 bridgehead atoms. The molecule has 0 saturated heterocycles. The van der Waals surface area contributed by atoms with Gasteiger partial charge < -0.3 is 10.0 Å². The van der Waals surface area contributed by atoms with E-state index in [2.05, 4.69) is 5.10 Å². The maximum Gasteiger partial charge on any atom is 0.308 e. The summed E-state index contributed by atoms with van der Waals surface area (Å²) in [6.07, 6.45) is 6.48. The molecule has 0 fully saturated rings. The van der Waals surface area contributed by atoms with Crippen LogP contribution in [-0.2, 0) is 16.6 Å². The van der Waals surface area contributed by atoms with Gasteiger partial charge in [0.05, 0.1) is 12.1 Å². The molecular formula is C12H17N3O3. The minimum absolute atomic E-state index is 0.186. The standard InChI is InChI=1S/C12H17N3O3/c1-9(12(17)18)7-14(2)11(16)5-4-10-6-13-15(3)8-10/h4-6,8-9H,7H2,1-3H3,(H,17,18)/b5-4+. The van der Waals surface area contributed by atoms with Crippen molar-refractivity contribution in [3.8, 4) is 0 Å². The van der Waals surface area contributed by atoms with Gasteiger partial charge in [0.25, 0.3) is 0 Å². The Morgan fingerprint density at radius 3 is 2.78 bits per heavy atom. The van der Waals surface area contributed by atoms with Gasteiger partial charge in [0.15, 0.2) is 0 Å². The lowest BCUT2D eigenvalue weighted by Gasteiger charge is -2.17. The predicted molar refractivity (Wildman–Crippen MR) is 66.7 cm³/mol. The molecule has 1 aromatic heterocycles. The minimum Gasteiger partial charge on any atom is -0.481 e. The second kappa shape index (κ2) is 6.00. The molecule has 98 valence electrons. The van der Waals surface area contributed by atoms with Crippen LogP contribution >= 0.6 is 0 Å². The molecule has 18 heavy (non-hydrogen) atoms. The van der Waals surface area contributed by atoms with Crippen LogP contribution in [0.5, 0.6) is 0 Å². The van der Waals surface area contributed by atoms with Crippen LogP contribution in [0.2, 0.25) is 0 Å². The van der Waals surface area contributed by atoms with Crippen molar-refractivity contribution in [3.63, 3.8) is 0 Å². The van der Waals surface area contributed by atoms with Crippen molar-refractivity contribution in [1.82, 2.24) is 14.7 Å². The molecule has 1 amide bonds. The van der Waals surface area contributed by atoms with Gasteiger partial charge in [-0.3, -0.25) is 14.3 Å². The third kappa shape index (κ3) is 4.04. The van der Waals surface area contributed by atoms with Gasteiger partial charge in [-0.2, -0.15) is 5.10 Å². The summed E-state index contributed by atoms with van der Waals surface area (Å²) in [6, 6.07) is 0. The fourth-order valence-electron chi connectivity index (χ4n) is 1.40. The molecule has 1 rings (SSSR count). The van der Waals surface area contributed by atoms with Gasteiger partial charge >= 0.3 is 5.97 Å². The van der Waals surface area contributed by atoms with Crippen LogP contribution in [0.3, 0.4) is 0 Å². The molecule has 0 saturated carbocycles. The number of carboxylic acids is 1. The Labute approximate surface area is 106 Å². The van der Waals surface area contributed by atoms with Gasteiger partial charge in [0.1, 0.15) is 0 Å². The first-order chi connectivity index (χ1) is 8.40. The average Bonchev–Trinajstić information content (AvgIpc) is 2.71. The van der Waals surface area contributed by atoms with E-state index in [1.807, 2.05) is 0 Å². The lowest BCUT2D eigenvalue weighted by molar-refractivity contribution is -0.142. The molecule has 1 aromatic rings. The van der Waals surface area contributed by atoms with Crippen molar-refractivity contribution in [2.45, 2.75) is 6.92 Å². The van der Waals surface area contributed by atoms with Crippen LogP contribution in [0.4, 0.5) is 0 Å². The second-order valence-electron chi connectivity index (χ2n) is 4.24. The molecule has 0 aliphatic carbocycles. The molecule has 6 heteroatoms. The number of amides is 1. The molecule has 0 aliphatic heterocycles. The van der Waals surface area contributed by atoms with E-state index in [0.717, 1.165) is 5.56 Å². The highest BCUT2D eigenvalue weighted by Gasteiger charge is 2.15. The monoisotopic (exact) mass is 251 g/mol. The summed E-state index contributed by atoms with van der Waals surface area (Å²) in [5, 5.41) is 12.7. The Balaban J connectivity index is 2.54. The minimum atomic E-state index is -0.911. The number of rotatable bonds is 5. The fourth-order valence-corrected chi connectivity index (χ4v) is 1.40. The number of likely N-dealkylation sites (N-methyl/N-ethyl adjacent to an activating group) is 1. The number of aryl methyl sites for hydroxylation is 1. The zero-order valence-corrected chi connectivity index (χ0v) is 10.7. The first-order valence-electron chi connectivity index (χ1n) is 5.54. The van der Waals surface area contributed by atoms with Crippen molar-refractivity contribution in [2.75, 3.05) is 13.6 Å². The largest absolute Gasteiger partial charge is 0.481 e. The molecule has 0 spiro atoms. The van der Waals surface area contributed by atoms with Gasteiger partial charge in [-0.15, -0.1) is 0 Å². The maximum atomic E-state index is 11.7. The van der Waals surface area contributed by atoms with E-state index < -0.39 is 11.9 Å². The van der Waals surface area contributed by atoms with E-state index in [-0.39, 0.29) is 12.5 Å². The Bertz CT molecular complexity index is 465. The quantitative estimate of drug-likeness (QED) is 0.778. The zero-order chi connectivity index (χ0) is 13.7. The Morgan fingerprint density at radius 1 is 1.61 bits per heavy atom. The summed E-state index contributed by atoms with van der Waals surface area (Å²) < 4.78 is 1.64. The molecule has 6 nitrogen and oxygen atoms in total. The average molecular weight is 251 g/mol. The number of carbonyl (C=O) groups excluding carboxylic acids is 1. The van der Waals surface area contributed by atoms with Crippen molar-refractivity contribution in [2.24, 2.45) is 13.0 Å². The lowest BCUT2D eigenvalue weighted by atomic mass is 10.2. The van der Waals surface area contributed by atoms with E-state index in [9.17, 15) is 9.59 Å². The van der Waals surface area contributed by atoms with E-state index in [1.165, 1.54) is 11.0 Å². The van der Waals surface area contributed by atoms with E-state index in [4.69, 9.17) is 5.11 Å². The highest BCUT2D eigenvalue weighted by Crippen LogP contribution is 2.02. The highest BCUT2D eigenvalue weighted by molar-refractivity contribution is 5.91. The maximum absolute atomic E-state index is 11.7. The predicted octanol–water partition coefficient (Wildman–Crippen LogP) is 0.612. The number of carboxylic acid groups (broad SMARTS) is 1. The number of aromatic nitrogens is 2. The third-order valence-electron chi connectivity index (χ3n) is 2.49. The summed E-state index contributed by atoms with van der Waals surface area (Å²) in [7, 11) is 3.37. The van der Waals surface area contributed by atoms with Crippen LogP contribution in [-0.4, -0.2) is 45.3 Å². The van der Waals surface area contributed by atoms with Crippen LogP contribution in [0.25, 0.3) is 6.08 Å². The third-order valence-corrected chi connectivity index (χ3v) is 2.49. The molecule has 1 atom stereocenters. The number of carbonyl (C=O) groups is 2. The summed E-state index contributed by atoms with van der Waals surface area (Å²) in [6.45, 7) is 1.75. The SMILES string of the molecule is CC(CN(C)C(=O)/C=C/c1cnn(C)c1)C(=O)O. The first-order valence-corrected chi connectivity index (χ1v) is 5.54. The Morgan fingerprint density at radius 2 is 2.28 bits per heavy atom. The van der Waals surface area contributed by atoms with E-state index >= 15 is 0 Å². The van der Waals surface area contributed by atoms with Crippen molar-refractivity contribution >= 4 is 18.0 Å². The topological polar surface area (TPSA) is 75.4 Å². The van der Waals surface area contributed by atoms with Crippen molar-refractivity contribution in [3.05, 3.63) is 24.0 Å². The van der Waals surface area contributed by atoms with E-state index in [0.29, 0.717) is 0 Å². The molecule has 0 aliphatic rings. The summed E-state index contributed by atoms with van der Waals surface area (Å²) >= 11 is 0.